The lowest BCUT2D eigenvalue weighted by Crippen LogP contribution is -2.18. The summed E-state index contributed by atoms with van der Waals surface area (Å²) in [7, 11) is 1.39. The molecule has 0 radical (unpaired) electrons. The molecule has 78 valence electrons. The molecule has 14 heavy (non-hydrogen) atoms. The summed E-state index contributed by atoms with van der Waals surface area (Å²) in [5, 5.41) is 6.20. The van der Waals surface area contributed by atoms with Crippen molar-refractivity contribution < 1.29 is 9.53 Å². The van der Waals surface area contributed by atoms with Crippen molar-refractivity contribution in [3.8, 4) is 0 Å². The first-order valence-electron chi connectivity index (χ1n) is 4.41. The minimum absolute atomic E-state index is 0.188. The zero-order chi connectivity index (χ0) is 10.4. The van der Waals surface area contributed by atoms with Crippen LogP contribution in [0, 0.1) is 6.92 Å². The van der Waals surface area contributed by atoms with E-state index in [9.17, 15) is 4.79 Å². The van der Waals surface area contributed by atoms with E-state index in [1.54, 1.807) is 11.3 Å². The molecule has 1 aromatic rings. The molecule has 0 aromatic carbocycles. The fourth-order valence-electron chi connectivity index (χ4n) is 0.998. The maximum absolute atomic E-state index is 10.8. The second kappa shape index (κ2) is 5.72. The van der Waals surface area contributed by atoms with Crippen molar-refractivity contribution in [1.82, 2.24) is 10.3 Å². The number of aromatic nitrogens is 1. The van der Waals surface area contributed by atoms with Crippen LogP contribution in [0.2, 0.25) is 0 Å². The van der Waals surface area contributed by atoms with Crippen molar-refractivity contribution >= 4 is 17.3 Å². The Morgan fingerprint density at radius 1 is 1.71 bits per heavy atom. The monoisotopic (exact) mass is 214 g/mol. The van der Waals surface area contributed by atoms with Crippen LogP contribution in [0.1, 0.15) is 17.1 Å². The van der Waals surface area contributed by atoms with Crippen LogP contribution in [0.5, 0.6) is 0 Å². The molecule has 5 heteroatoms. The summed E-state index contributed by atoms with van der Waals surface area (Å²) in [6.07, 6.45) is 0.402. The lowest BCUT2D eigenvalue weighted by molar-refractivity contribution is -0.140. The average molecular weight is 214 g/mol. The van der Waals surface area contributed by atoms with E-state index < -0.39 is 0 Å². The predicted molar refractivity (Wildman–Crippen MR) is 55.2 cm³/mol. The number of esters is 1. The molecule has 0 spiro atoms. The zero-order valence-electron chi connectivity index (χ0n) is 8.37. The van der Waals surface area contributed by atoms with Gasteiger partial charge in [-0.3, -0.25) is 4.79 Å². The van der Waals surface area contributed by atoms with Gasteiger partial charge >= 0.3 is 5.97 Å². The minimum atomic E-state index is -0.188. The maximum atomic E-state index is 10.8. The quantitative estimate of drug-likeness (QED) is 0.589. The molecule has 0 aliphatic carbocycles. The van der Waals surface area contributed by atoms with Crippen LogP contribution in [-0.2, 0) is 16.1 Å². The lowest BCUT2D eigenvalue weighted by Gasteiger charge is -2.00. The fraction of sp³-hybridized carbons (Fsp3) is 0.556. The summed E-state index contributed by atoms with van der Waals surface area (Å²) in [5.74, 6) is -0.188. The molecule has 0 saturated heterocycles. The van der Waals surface area contributed by atoms with E-state index in [0.29, 0.717) is 19.5 Å². The van der Waals surface area contributed by atoms with E-state index in [1.807, 2.05) is 12.3 Å². The Bertz CT molecular complexity index is 299. The number of methoxy groups -OCH3 is 1. The number of hydrogen-bond donors (Lipinski definition) is 1. The molecule has 0 unspecified atom stereocenters. The molecule has 0 saturated carbocycles. The van der Waals surface area contributed by atoms with Gasteiger partial charge < -0.3 is 10.1 Å². The topological polar surface area (TPSA) is 51.2 Å². The number of thiazole rings is 1. The highest BCUT2D eigenvalue weighted by Crippen LogP contribution is 2.06. The molecule has 1 N–H and O–H groups in total. The van der Waals surface area contributed by atoms with Gasteiger partial charge in [-0.15, -0.1) is 11.3 Å². The molecule has 0 aliphatic rings. The third-order valence-corrected chi connectivity index (χ3v) is 2.53. The minimum Gasteiger partial charge on any atom is -0.469 e. The van der Waals surface area contributed by atoms with Gasteiger partial charge in [-0.05, 0) is 6.92 Å². The van der Waals surface area contributed by atoms with Crippen LogP contribution >= 0.6 is 11.3 Å². The van der Waals surface area contributed by atoms with Crippen molar-refractivity contribution in [3.63, 3.8) is 0 Å². The summed E-state index contributed by atoms with van der Waals surface area (Å²) < 4.78 is 4.51. The number of aryl methyl sites for hydroxylation is 1. The number of carbonyl (C=O) groups excluding carboxylic acids is 1. The first-order chi connectivity index (χ1) is 6.72. The van der Waals surface area contributed by atoms with Crippen LogP contribution in [-0.4, -0.2) is 24.6 Å². The number of hydrogen-bond acceptors (Lipinski definition) is 5. The highest BCUT2D eigenvalue weighted by Gasteiger charge is 2.00. The first kappa shape index (κ1) is 11.1. The highest BCUT2D eigenvalue weighted by atomic mass is 32.1. The highest BCUT2D eigenvalue weighted by molar-refractivity contribution is 7.09. The molecule has 0 atom stereocenters. The van der Waals surface area contributed by atoms with Crippen molar-refractivity contribution in [1.29, 1.82) is 0 Å². The van der Waals surface area contributed by atoms with Crippen LogP contribution < -0.4 is 5.32 Å². The Labute approximate surface area is 87.3 Å². The number of carbonyl (C=O) groups is 1. The summed E-state index contributed by atoms with van der Waals surface area (Å²) in [6.45, 7) is 3.31. The molecule has 4 nitrogen and oxygen atoms in total. The van der Waals surface area contributed by atoms with Crippen molar-refractivity contribution in [2.24, 2.45) is 0 Å². The van der Waals surface area contributed by atoms with Gasteiger partial charge in [0.1, 0.15) is 0 Å². The average Bonchev–Trinajstić information content (AvgIpc) is 2.58. The van der Waals surface area contributed by atoms with E-state index in [4.69, 9.17) is 0 Å². The SMILES string of the molecule is COC(=O)CCNCc1csc(C)n1. The van der Waals surface area contributed by atoms with Crippen LogP contribution in [0.25, 0.3) is 0 Å². The summed E-state index contributed by atoms with van der Waals surface area (Å²) in [6, 6.07) is 0. The third-order valence-electron chi connectivity index (χ3n) is 1.71. The Balaban J connectivity index is 2.13. The second-order valence-corrected chi connectivity index (χ2v) is 3.92. The first-order valence-corrected chi connectivity index (χ1v) is 5.29. The summed E-state index contributed by atoms with van der Waals surface area (Å²) in [4.78, 5) is 15.0. The molecule has 0 aliphatic heterocycles. The molecule has 1 rings (SSSR count). The van der Waals surface area contributed by atoms with Gasteiger partial charge in [-0.1, -0.05) is 0 Å². The Morgan fingerprint density at radius 3 is 3.07 bits per heavy atom. The molecule has 0 bridgehead atoms. The molecular formula is C9H14N2O2S. The van der Waals surface area contributed by atoms with E-state index >= 15 is 0 Å². The van der Waals surface area contributed by atoms with E-state index in [1.165, 1.54) is 7.11 Å². The normalized spacial score (nSPS) is 10.1. The predicted octanol–water partition coefficient (Wildman–Crippen LogP) is 1.10. The summed E-state index contributed by atoms with van der Waals surface area (Å²) in [5.41, 5.74) is 1.03. The van der Waals surface area contributed by atoms with E-state index in [0.717, 1.165) is 10.7 Å². The van der Waals surface area contributed by atoms with Crippen molar-refractivity contribution in [2.45, 2.75) is 19.9 Å². The number of ether oxygens (including phenoxy) is 1. The number of rotatable bonds is 5. The zero-order valence-corrected chi connectivity index (χ0v) is 9.19. The van der Waals surface area contributed by atoms with Gasteiger partial charge in [0.15, 0.2) is 0 Å². The Kier molecular flexibility index (Phi) is 4.55. The van der Waals surface area contributed by atoms with Gasteiger partial charge in [0.05, 0.1) is 24.2 Å². The van der Waals surface area contributed by atoms with Crippen LogP contribution in [0.4, 0.5) is 0 Å². The van der Waals surface area contributed by atoms with E-state index in [-0.39, 0.29) is 5.97 Å². The lowest BCUT2D eigenvalue weighted by atomic mass is 10.4. The number of nitrogens with one attached hydrogen (secondary N) is 1. The number of nitrogens with zero attached hydrogens (tertiary/aromatic N) is 1. The molecule has 1 heterocycles. The van der Waals surface area contributed by atoms with Gasteiger partial charge in [-0.2, -0.15) is 0 Å². The Hall–Kier alpha value is -0.940. The molecular weight excluding hydrogens is 200 g/mol. The third kappa shape index (κ3) is 3.85. The van der Waals surface area contributed by atoms with Crippen molar-refractivity contribution in [2.75, 3.05) is 13.7 Å². The fourth-order valence-corrected chi connectivity index (χ4v) is 1.61. The maximum Gasteiger partial charge on any atom is 0.306 e. The molecule has 0 amide bonds. The Morgan fingerprint density at radius 2 is 2.50 bits per heavy atom. The van der Waals surface area contributed by atoms with Gasteiger partial charge in [0, 0.05) is 18.5 Å². The standard InChI is InChI=1S/C9H14N2O2S/c1-7-11-8(6-14-7)5-10-4-3-9(12)13-2/h6,10H,3-5H2,1-2H3. The van der Waals surface area contributed by atoms with Gasteiger partial charge in [0.25, 0.3) is 0 Å². The van der Waals surface area contributed by atoms with Gasteiger partial charge in [0.2, 0.25) is 0 Å². The van der Waals surface area contributed by atoms with Crippen LogP contribution in [0.15, 0.2) is 5.38 Å². The van der Waals surface area contributed by atoms with E-state index in [2.05, 4.69) is 15.0 Å². The van der Waals surface area contributed by atoms with Crippen LogP contribution in [0.3, 0.4) is 0 Å². The van der Waals surface area contributed by atoms with Gasteiger partial charge in [-0.25, -0.2) is 4.98 Å². The largest absolute Gasteiger partial charge is 0.469 e. The molecule has 0 fully saturated rings. The molecule has 1 aromatic heterocycles. The smallest absolute Gasteiger partial charge is 0.306 e. The van der Waals surface area contributed by atoms with Crippen molar-refractivity contribution in [3.05, 3.63) is 16.1 Å². The summed E-state index contributed by atoms with van der Waals surface area (Å²) >= 11 is 1.63. The second-order valence-electron chi connectivity index (χ2n) is 2.86.